The van der Waals surface area contributed by atoms with Gasteiger partial charge in [-0.1, -0.05) is 0 Å². The molecule has 1 radical (unpaired) electrons. The summed E-state index contributed by atoms with van der Waals surface area (Å²) in [7, 11) is 0. The molecule has 4 aliphatic heterocycles. The van der Waals surface area contributed by atoms with Gasteiger partial charge in [-0.25, -0.2) is 10.0 Å². The normalized spacial score (nSPS) is 46.0. The largest absolute Gasteiger partial charge is 0.281 e. The molecule has 0 aromatic rings. The Kier molecular flexibility index (Phi) is 3.10. The standard InChI is InChI=1S/C15H26N3/c1-3-13-5-6-15(16(8-1)11-13)18-10-7-14-4-2-9-17(18)12-14/h13-14H,1-12H2. The molecule has 0 saturated carbocycles. The highest BCUT2D eigenvalue weighted by molar-refractivity contribution is 4.98. The average molecular weight is 248 g/mol. The minimum absolute atomic E-state index is 0.994. The van der Waals surface area contributed by atoms with Gasteiger partial charge in [-0.15, -0.1) is 0 Å². The Bertz CT molecular complexity index is 276. The number of hydrazine groups is 1. The number of fused-ring (bicyclic) bond motifs is 4. The molecule has 3 heteroatoms. The minimum atomic E-state index is 0.994. The second-order valence-corrected chi connectivity index (χ2v) is 6.74. The lowest BCUT2D eigenvalue weighted by molar-refractivity contribution is -0.127. The SMILES string of the molecule is C1CC2CC[C](N3CCC4CCCN3C4)N(C1)C2. The van der Waals surface area contributed by atoms with Crippen LogP contribution in [-0.4, -0.2) is 47.6 Å². The lowest BCUT2D eigenvalue weighted by atomic mass is 9.87. The van der Waals surface area contributed by atoms with Crippen molar-refractivity contribution in [3.05, 3.63) is 6.17 Å². The first-order valence-corrected chi connectivity index (χ1v) is 8.03. The van der Waals surface area contributed by atoms with Crippen molar-refractivity contribution in [2.45, 2.75) is 44.9 Å². The molecule has 0 amide bonds. The lowest BCUT2D eigenvalue weighted by Gasteiger charge is -2.53. The fourth-order valence-corrected chi connectivity index (χ4v) is 4.56. The monoisotopic (exact) mass is 248 g/mol. The van der Waals surface area contributed by atoms with Gasteiger partial charge in [-0.2, -0.15) is 0 Å². The summed E-state index contributed by atoms with van der Waals surface area (Å²) >= 11 is 0. The van der Waals surface area contributed by atoms with Crippen LogP contribution in [-0.2, 0) is 0 Å². The Hall–Kier alpha value is -0.120. The summed E-state index contributed by atoms with van der Waals surface area (Å²) in [5.41, 5.74) is 0. The van der Waals surface area contributed by atoms with E-state index < -0.39 is 0 Å². The van der Waals surface area contributed by atoms with E-state index in [4.69, 9.17) is 0 Å². The zero-order valence-corrected chi connectivity index (χ0v) is 11.5. The van der Waals surface area contributed by atoms with E-state index in [1.54, 1.807) is 6.17 Å². The minimum Gasteiger partial charge on any atom is -0.281 e. The molecule has 4 unspecified atom stereocenters. The van der Waals surface area contributed by atoms with Gasteiger partial charge in [-0.3, -0.25) is 4.90 Å². The third kappa shape index (κ3) is 2.00. The maximum absolute atomic E-state index is 2.71. The van der Waals surface area contributed by atoms with Gasteiger partial charge in [0.2, 0.25) is 0 Å². The van der Waals surface area contributed by atoms with Crippen molar-refractivity contribution >= 4 is 0 Å². The molecule has 0 spiro atoms. The smallest absolute Gasteiger partial charge is 0.121 e. The Morgan fingerprint density at radius 1 is 0.778 bits per heavy atom. The van der Waals surface area contributed by atoms with Gasteiger partial charge < -0.3 is 0 Å². The molecule has 4 fully saturated rings. The summed E-state index contributed by atoms with van der Waals surface area (Å²) in [4.78, 5) is 2.71. The molecule has 4 bridgehead atoms. The predicted molar refractivity (Wildman–Crippen MR) is 72.4 cm³/mol. The van der Waals surface area contributed by atoms with Crippen LogP contribution in [0.1, 0.15) is 44.9 Å². The second kappa shape index (κ2) is 4.77. The van der Waals surface area contributed by atoms with Gasteiger partial charge in [0.25, 0.3) is 0 Å². The van der Waals surface area contributed by atoms with Crippen LogP contribution in [0.3, 0.4) is 0 Å². The first-order valence-electron chi connectivity index (χ1n) is 8.03. The topological polar surface area (TPSA) is 9.72 Å². The van der Waals surface area contributed by atoms with Crippen molar-refractivity contribution in [3.8, 4) is 0 Å². The van der Waals surface area contributed by atoms with Gasteiger partial charge in [0, 0.05) is 32.7 Å². The van der Waals surface area contributed by atoms with Gasteiger partial charge in [-0.05, 0) is 56.8 Å². The quantitative estimate of drug-likeness (QED) is 0.705. The number of hydrogen-bond donors (Lipinski definition) is 0. The Labute approximate surface area is 111 Å². The van der Waals surface area contributed by atoms with E-state index in [9.17, 15) is 0 Å². The van der Waals surface area contributed by atoms with Crippen molar-refractivity contribution in [1.29, 1.82) is 0 Å². The third-order valence-corrected chi connectivity index (χ3v) is 5.55. The van der Waals surface area contributed by atoms with Crippen molar-refractivity contribution < 1.29 is 0 Å². The summed E-state index contributed by atoms with van der Waals surface area (Å²) < 4.78 is 0. The molecule has 0 aliphatic carbocycles. The van der Waals surface area contributed by atoms with E-state index in [0.29, 0.717) is 0 Å². The first-order chi connectivity index (χ1) is 8.90. The molecule has 18 heavy (non-hydrogen) atoms. The van der Waals surface area contributed by atoms with Gasteiger partial charge >= 0.3 is 0 Å². The molecule has 101 valence electrons. The van der Waals surface area contributed by atoms with Gasteiger partial charge in [0.05, 0.1) is 0 Å². The molecule has 4 aliphatic rings. The van der Waals surface area contributed by atoms with Crippen molar-refractivity contribution in [2.75, 3.05) is 32.7 Å². The highest BCUT2D eigenvalue weighted by Gasteiger charge is 2.40. The number of rotatable bonds is 1. The maximum Gasteiger partial charge on any atom is 0.121 e. The van der Waals surface area contributed by atoms with Crippen LogP contribution in [0, 0.1) is 18.0 Å². The molecular formula is C15H26N3. The van der Waals surface area contributed by atoms with Gasteiger partial charge in [0.15, 0.2) is 0 Å². The number of hydrogen-bond acceptors (Lipinski definition) is 3. The average Bonchev–Trinajstić information content (AvgIpc) is 2.41. The number of nitrogens with zero attached hydrogens (tertiary/aromatic N) is 3. The van der Waals surface area contributed by atoms with E-state index in [1.807, 2.05) is 0 Å². The molecule has 4 heterocycles. The molecule has 4 rings (SSSR count). The number of piperidine rings is 3. The zero-order valence-electron chi connectivity index (χ0n) is 11.5. The van der Waals surface area contributed by atoms with Crippen LogP contribution in [0.15, 0.2) is 0 Å². The lowest BCUT2D eigenvalue weighted by Crippen LogP contribution is -2.59. The fourth-order valence-electron chi connectivity index (χ4n) is 4.56. The zero-order chi connectivity index (χ0) is 11.9. The molecule has 0 aromatic carbocycles. The van der Waals surface area contributed by atoms with Crippen LogP contribution < -0.4 is 0 Å². The molecule has 0 aromatic heterocycles. The first kappa shape index (κ1) is 11.7. The van der Waals surface area contributed by atoms with Crippen LogP contribution in [0.25, 0.3) is 0 Å². The molecule has 3 nitrogen and oxygen atoms in total. The van der Waals surface area contributed by atoms with E-state index >= 15 is 0 Å². The van der Waals surface area contributed by atoms with Crippen LogP contribution in [0.2, 0.25) is 0 Å². The van der Waals surface area contributed by atoms with Crippen LogP contribution in [0.5, 0.6) is 0 Å². The Morgan fingerprint density at radius 2 is 1.61 bits per heavy atom. The van der Waals surface area contributed by atoms with E-state index in [1.165, 1.54) is 77.7 Å². The third-order valence-electron chi connectivity index (χ3n) is 5.55. The highest BCUT2D eigenvalue weighted by atomic mass is 15.7. The summed E-state index contributed by atoms with van der Waals surface area (Å²) in [6, 6.07) is 0. The van der Waals surface area contributed by atoms with Crippen molar-refractivity contribution in [2.24, 2.45) is 11.8 Å². The van der Waals surface area contributed by atoms with E-state index in [-0.39, 0.29) is 0 Å². The molecular weight excluding hydrogens is 222 g/mol. The maximum atomic E-state index is 2.71. The van der Waals surface area contributed by atoms with E-state index in [2.05, 4.69) is 14.9 Å². The van der Waals surface area contributed by atoms with Crippen molar-refractivity contribution in [1.82, 2.24) is 14.9 Å². The van der Waals surface area contributed by atoms with Gasteiger partial charge in [0.1, 0.15) is 6.17 Å². The summed E-state index contributed by atoms with van der Waals surface area (Å²) in [6.07, 6.45) is 11.7. The Balaban J connectivity index is 1.48. The Morgan fingerprint density at radius 3 is 2.56 bits per heavy atom. The van der Waals surface area contributed by atoms with Crippen molar-refractivity contribution in [3.63, 3.8) is 0 Å². The molecule has 4 saturated heterocycles. The molecule has 4 atom stereocenters. The summed E-state index contributed by atoms with van der Waals surface area (Å²) in [5.74, 6) is 2.00. The summed E-state index contributed by atoms with van der Waals surface area (Å²) in [5, 5.41) is 5.35. The fraction of sp³-hybridized carbons (Fsp3) is 0.933. The highest BCUT2D eigenvalue weighted by Crippen LogP contribution is 2.39. The van der Waals surface area contributed by atoms with Crippen LogP contribution in [0.4, 0.5) is 0 Å². The van der Waals surface area contributed by atoms with E-state index in [0.717, 1.165) is 11.8 Å². The molecule has 0 N–H and O–H groups in total. The summed E-state index contributed by atoms with van der Waals surface area (Å²) in [6.45, 7) is 6.60. The van der Waals surface area contributed by atoms with Crippen LogP contribution >= 0.6 is 0 Å². The second-order valence-electron chi connectivity index (χ2n) is 6.74. The predicted octanol–water partition coefficient (Wildman–Crippen LogP) is 2.31.